The van der Waals surface area contributed by atoms with Gasteiger partial charge >= 0.3 is 0 Å². The Morgan fingerprint density at radius 2 is 2.26 bits per heavy atom. The van der Waals surface area contributed by atoms with Crippen molar-refractivity contribution in [3.8, 4) is 11.5 Å². The maximum Gasteiger partial charge on any atom is 0.231 e. The highest BCUT2D eigenvalue weighted by Crippen LogP contribution is 2.39. The average Bonchev–Trinajstić information content (AvgIpc) is 2.99. The summed E-state index contributed by atoms with van der Waals surface area (Å²) in [5, 5.41) is 3.98. The van der Waals surface area contributed by atoms with E-state index >= 15 is 0 Å². The summed E-state index contributed by atoms with van der Waals surface area (Å²) < 4.78 is 10.6. The van der Waals surface area contributed by atoms with Crippen molar-refractivity contribution < 1.29 is 9.47 Å². The van der Waals surface area contributed by atoms with E-state index in [1.165, 1.54) is 4.88 Å². The van der Waals surface area contributed by atoms with Crippen LogP contribution in [0.5, 0.6) is 11.5 Å². The number of thiazole rings is 1. The van der Waals surface area contributed by atoms with Crippen LogP contribution in [0.15, 0.2) is 17.6 Å². The van der Waals surface area contributed by atoms with Crippen molar-refractivity contribution >= 4 is 22.9 Å². The number of fused-ring (bicyclic) bond motifs is 1. The van der Waals surface area contributed by atoms with Crippen molar-refractivity contribution in [2.45, 2.75) is 20.0 Å². The fourth-order valence-electron chi connectivity index (χ4n) is 1.94. The highest BCUT2D eigenvalue weighted by Gasteiger charge is 2.18. The van der Waals surface area contributed by atoms with Crippen molar-refractivity contribution in [2.24, 2.45) is 0 Å². The minimum absolute atomic E-state index is 0.242. The van der Waals surface area contributed by atoms with Gasteiger partial charge in [-0.15, -0.1) is 11.3 Å². The Balaban J connectivity index is 1.65. The molecular formula is C13H13ClN2O2S. The molecule has 19 heavy (non-hydrogen) atoms. The van der Waals surface area contributed by atoms with Crippen molar-refractivity contribution in [1.82, 2.24) is 10.3 Å². The lowest BCUT2D eigenvalue weighted by Crippen LogP contribution is -2.12. The van der Waals surface area contributed by atoms with E-state index in [0.717, 1.165) is 30.1 Å². The zero-order valence-electron chi connectivity index (χ0n) is 10.4. The van der Waals surface area contributed by atoms with Crippen LogP contribution < -0.4 is 14.8 Å². The molecule has 1 aliphatic heterocycles. The zero-order valence-corrected chi connectivity index (χ0v) is 12.0. The molecule has 0 unspecified atom stereocenters. The number of hydrogen-bond donors (Lipinski definition) is 1. The van der Waals surface area contributed by atoms with E-state index in [2.05, 4.69) is 10.3 Å². The van der Waals surface area contributed by atoms with E-state index in [1.807, 2.05) is 24.6 Å². The second-order valence-corrected chi connectivity index (χ2v) is 5.62. The van der Waals surface area contributed by atoms with Crippen LogP contribution in [0.2, 0.25) is 5.02 Å². The number of halogens is 1. The second kappa shape index (κ2) is 5.36. The van der Waals surface area contributed by atoms with Crippen molar-refractivity contribution in [2.75, 3.05) is 6.79 Å². The fraction of sp³-hybridized carbons (Fsp3) is 0.308. The maximum atomic E-state index is 6.14. The summed E-state index contributed by atoms with van der Waals surface area (Å²) in [6, 6.07) is 3.86. The largest absolute Gasteiger partial charge is 0.454 e. The van der Waals surface area contributed by atoms with Gasteiger partial charge in [0.05, 0.1) is 16.2 Å². The lowest BCUT2D eigenvalue weighted by atomic mass is 10.2. The molecule has 2 heterocycles. The molecule has 6 heteroatoms. The van der Waals surface area contributed by atoms with E-state index in [1.54, 1.807) is 11.3 Å². The standard InChI is InChI=1S/C13H13ClN2O2S/c1-8-12(19-6-16-8)5-15-4-9-2-10(14)13-11(3-9)17-7-18-13/h2-3,6,15H,4-5,7H2,1H3. The molecule has 0 saturated heterocycles. The molecule has 0 bridgehead atoms. The molecule has 0 radical (unpaired) electrons. The number of aromatic nitrogens is 1. The fourth-order valence-corrected chi connectivity index (χ4v) is 2.97. The summed E-state index contributed by atoms with van der Waals surface area (Å²) in [5.74, 6) is 1.36. The van der Waals surface area contributed by atoms with Gasteiger partial charge in [-0.25, -0.2) is 4.98 Å². The first-order chi connectivity index (χ1) is 9.24. The molecule has 3 rings (SSSR count). The third-order valence-corrected chi connectivity index (χ3v) is 4.16. The number of benzene rings is 1. The summed E-state index contributed by atoms with van der Waals surface area (Å²) in [5.41, 5.74) is 4.03. The number of nitrogens with zero attached hydrogens (tertiary/aromatic N) is 1. The van der Waals surface area contributed by atoms with Gasteiger partial charge in [0.15, 0.2) is 11.5 Å². The van der Waals surface area contributed by atoms with Gasteiger partial charge in [0.2, 0.25) is 6.79 Å². The Labute approximate surface area is 120 Å². The smallest absolute Gasteiger partial charge is 0.231 e. The topological polar surface area (TPSA) is 43.4 Å². The SMILES string of the molecule is Cc1ncsc1CNCc1cc(Cl)c2c(c1)OCO2. The Bertz CT molecular complexity index is 600. The monoisotopic (exact) mass is 296 g/mol. The number of hydrogen-bond acceptors (Lipinski definition) is 5. The van der Waals surface area contributed by atoms with Crippen LogP contribution in [-0.2, 0) is 13.1 Å². The first-order valence-corrected chi connectivity index (χ1v) is 7.17. The summed E-state index contributed by atoms with van der Waals surface area (Å²) in [4.78, 5) is 5.48. The van der Waals surface area contributed by atoms with E-state index in [0.29, 0.717) is 10.8 Å². The number of aryl methyl sites for hydroxylation is 1. The summed E-state index contributed by atoms with van der Waals surface area (Å²) in [6.45, 7) is 3.80. The van der Waals surface area contributed by atoms with E-state index < -0.39 is 0 Å². The molecule has 4 nitrogen and oxygen atoms in total. The van der Waals surface area contributed by atoms with Gasteiger partial charge in [0.1, 0.15) is 0 Å². The van der Waals surface area contributed by atoms with Gasteiger partial charge in [-0.05, 0) is 24.6 Å². The summed E-state index contributed by atoms with van der Waals surface area (Å²) in [7, 11) is 0. The Morgan fingerprint density at radius 3 is 3.05 bits per heavy atom. The maximum absolute atomic E-state index is 6.14. The predicted octanol–water partition coefficient (Wildman–Crippen LogP) is 3.12. The first-order valence-electron chi connectivity index (χ1n) is 5.92. The Morgan fingerprint density at radius 1 is 1.37 bits per heavy atom. The quantitative estimate of drug-likeness (QED) is 0.941. The van der Waals surface area contributed by atoms with E-state index in [9.17, 15) is 0 Å². The number of ether oxygens (including phenoxy) is 2. The van der Waals surface area contributed by atoms with Gasteiger partial charge in [-0.2, -0.15) is 0 Å². The van der Waals surface area contributed by atoms with Crippen LogP contribution in [0.1, 0.15) is 16.1 Å². The summed E-state index contributed by atoms with van der Waals surface area (Å²) in [6.07, 6.45) is 0. The van der Waals surface area contributed by atoms with Crippen LogP contribution in [-0.4, -0.2) is 11.8 Å². The van der Waals surface area contributed by atoms with E-state index in [4.69, 9.17) is 21.1 Å². The minimum Gasteiger partial charge on any atom is -0.454 e. The third kappa shape index (κ3) is 2.68. The summed E-state index contributed by atoms with van der Waals surface area (Å²) >= 11 is 7.80. The molecule has 0 saturated carbocycles. The van der Waals surface area contributed by atoms with Crippen molar-refractivity contribution in [3.05, 3.63) is 38.8 Å². The molecule has 1 N–H and O–H groups in total. The molecule has 0 spiro atoms. The lowest BCUT2D eigenvalue weighted by Gasteiger charge is -2.06. The number of rotatable bonds is 4. The van der Waals surface area contributed by atoms with Crippen molar-refractivity contribution in [3.63, 3.8) is 0 Å². The first kappa shape index (κ1) is 12.7. The van der Waals surface area contributed by atoms with Crippen LogP contribution in [0, 0.1) is 6.92 Å². The molecular weight excluding hydrogens is 284 g/mol. The minimum atomic E-state index is 0.242. The highest BCUT2D eigenvalue weighted by atomic mass is 35.5. The molecule has 2 aromatic rings. The molecule has 100 valence electrons. The van der Waals surface area contributed by atoms with Gasteiger partial charge in [-0.3, -0.25) is 0 Å². The molecule has 0 aliphatic carbocycles. The van der Waals surface area contributed by atoms with Crippen LogP contribution in [0.25, 0.3) is 0 Å². The van der Waals surface area contributed by atoms with Crippen molar-refractivity contribution in [1.29, 1.82) is 0 Å². The molecule has 1 aliphatic rings. The van der Waals surface area contributed by atoms with Crippen LogP contribution in [0.4, 0.5) is 0 Å². The Hall–Kier alpha value is -1.30. The molecule has 1 aromatic carbocycles. The Kier molecular flexibility index (Phi) is 3.59. The second-order valence-electron chi connectivity index (χ2n) is 4.28. The molecule has 0 fully saturated rings. The van der Waals surface area contributed by atoms with Gasteiger partial charge < -0.3 is 14.8 Å². The molecule has 0 amide bonds. The number of nitrogens with one attached hydrogen (secondary N) is 1. The van der Waals surface area contributed by atoms with Gasteiger partial charge in [0, 0.05) is 18.0 Å². The predicted molar refractivity (Wildman–Crippen MR) is 75.0 cm³/mol. The average molecular weight is 297 g/mol. The highest BCUT2D eigenvalue weighted by molar-refractivity contribution is 7.09. The van der Waals surface area contributed by atoms with E-state index in [-0.39, 0.29) is 6.79 Å². The van der Waals surface area contributed by atoms with Crippen LogP contribution in [0.3, 0.4) is 0 Å². The molecule has 1 aromatic heterocycles. The lowest BCUT2D eigenvalue weighted by molar-refractivity contribution is 0.174. The van der Waals surface area contributed by atoms with Gasteiger partial charge in [0.25, 0.3) is 0 Å². The molecule has 0 atom stereocenters. The van der Waals surface area contributed by atoms with Gasteiger partial charge in [-0.1, -0.05) is 11.6 Å². The van der Waals surface area contributed by atoms with Crippen LogP contribution >= 0.6 is 22.9 Å². The normalized spacial score (nSPS) is 12.9. The third-order valence-electron chi connectivity index (χ3n) is 2.95. The zero-order chi connectivity index (χ0) is 13.2.